The SMILES string of the molecule is Cc1sc(NC(=O)C2CC2c2ccccc2)c(C(N)=O)c1C. The fourth-order valence-electron chi connectivity index (χ4n) is 2.77. The molecule has 114 valence electrons. The van der Waals surface area contributed by atoms with Crippen LogP contribution < -0.4 is 11.1 Å². The maximum Gasteiger partial charge on any atom is 0.251 e. The predicted octanol–water partition coefficient (Wildman–Crippen LogP) is 3.21. The Kier molecular flexibility index (Phi) is 3.74. The molecule has 1 fully saturated rings. The van der Waals surface area contributed by atoms with E-state index in [9.17, 15) is 9.59 Å². The number of primary amides is 1. The first-order valence-corrected chi connectivity index (χ1v) is 8.06. The number of benzene rings is 1. The van der Waals surface area contributed by atoms with Gasteiger partial charge in [-0.15, -0.1) is 11.3 Å². The van der Waals surface area contributed by atoms with Gasteiger partial charge in [-0.1, -0.05) is 30.3 Å². The standard InChI is InChI=1S/C17H18N2O2S/c1-9-10(2)22-17(14(9)15(18)20)19-16(21)13-8-12(13)11-6-4-3-5-7-11/h3-7,12-13H,8H2,1-2H3,(H2,18,20)(H,19,21). The number of carbonyl (C=O) groups is 2. The molecule has 0 aliphatic heterocycles. The summed E-state index contributed by atoms with van der Waals surface area (Å²) in [7, 11) is 0. The Morgan fingerprint density at radius 2 is 1.91 bits per heavy atom. The number of rotatable bonds is 4. The third kappa shape index (κ3) is 2.64. The first kappa shape index (κ1) is 14.8. The molecule has 1 saturated carbocycles. The smallest absolute Gasteiger partial charge is 0.251 e. The van der Waals surface area contributed by atoms with E-state index >= 15 is 0 Å². The lowest BCUT2D eigenvalue weighted by Crippen LogP contribution is -2.18. The molecule has 4 nitrogen and oxygen atoms in total. The fraction of sp³-hybridized carbons (Fsp3) is 0.294. The van der Waals surface area contributed by atoms with Gasteiger partial charge in [-0.3, -0.25) is 9.59 Å². The highest BCUT2D eigenvalue weighted by molar-refractivity contribution is 7.16. The van der Waals surface area contributed by atoms with Crippen molar-refractivity contribution in [3.63, 3.8) is 0 Å². The Hall–Kier alpha value is -2.14. The second kappa shape index (κ2) is 5.57. The fourth-order valence-corrected chi connectivity index (χ4v) is 3.84. The quantitative estimate of drug-likeness (QED) is 0.909. The number of nitrogens with two attached hydrogens (primary N) is 1. The number of carbonyl (C=O) groups excluding carboxylic acids is 2. The molecule has 1 aromatic carbocycles. The van der Waals surface area contributed by atoms with E-state index < -0.39 is 5.91 Å². The van der Waals surface area contributed by atoms with Gasteiger partial charge in [0.1, 0.15) is 5.00 Å². The molecule has 0 saturated heterocycles. The van der Waals surface area contributed by atoms with Gasteiger partial charge in [-0.05, 0) is 37.3 Å². The second-order valence-electron chi connectivity index (χ2n) is 5.70. The third-order valence-corrected chi connectivity index (χ3v) is 5.35. The van der Waals surface area contributed by atoms with Crippen molar-refractivity contribution in [2.75, 3.05) is 5.32 Å². The van der Waals surface area contributed by atoms with E-state index in [0.717, 1.165) is 16.9 Å². The Balaban J connectivity index is 1.74. The summed E-state index contributed by atoms with van der Waals surface area (Å²) in [5.74, 6) is -0.267. The number of hydrogen-bond donors (Lipinski definition) is 2. The van der Waals surface area contributed by atoms with E-state index in [0.29, 0.717) is 10.6 Å². The Labute approximate surface area is 133 Å². The molecular formula is C17H18N2O2S. The molecule has 3 N–H and O–H groups in total. The zero-order valence-corrected chi connectivity index (χ0v) is 13.4. The highest BCUT2D eigenvalue weighted by Gasteiger charge is 2.44. The third-order valence-electron chi connectivity index (χ3n) is 4.22. The van der Waals surface area contributed by atoms with Crippen LogP contribution in [0.2, 0.25) is 0 Å². The van der Waals surface area contributed by atoms with Gasteiger partial charge >= 0.3 is 0 Å². The van der Waals surface area contributed by atoms with Crippen molar-refractivity contribution in [2.45, 2.75) is 26.2 Å². The van der Waals surface area contributed by atoms with E-state index in [1.54, 1.807) is 0 Å². The summed E-state index contributed by atoms with van der Waals surface area (Å²) < 4.78 is 0. The molecule has 0 radical (unpaired) electrons. The Bertz CT molecular complexity index is 737. The lowest BCUT2D eigenvalue weighted by molar-refractivity contribution is -0.117. The maximum absolute atomic E-state index is 12.4. The predicted molar refractivity (Wildman–Crippen MR) is 88.2 cm³/mol. The Morgan fingerprint density at radius 3 is 2.55 bits per heavy atom. The number of anilines is 1. The van der Waals surface area contributed by atoms with E-state index in [1.807, 2.05) is 44.2 Å². The van der Waals surface area contributed by atoms with Crippen LogP contribution in [0.25, 0.3) is 0 Å². The summed E-state index contributed by atoms with van der Waals surface area (Å²) in [6, 6.07) is 10.0. The second-order valence-corrected chi connectivity index (χ2v) is 6.92. The molecule has 2 amide bonds. The van der Waals surface area contributed by atoms with Gasteiger partial charge in [0.05, 0.1) is 5.56 Å². The minimum absolute atomic E-state index is 0.0224. The van der Waals surface area contributed by atoms with Crippen molar-refractivity contribution in [1.82, 2.24) is 0 Å². The Morgan fingerprint density at radius 1 is 1.23 bits per heavy atom. The minimum Gasteiger partial charge on any atom is -0.365 e. The number of hydrogen-bond acceptors (Lipinski definition) is 3. The summed E-state index contributed by atoms with van der Waals surface area (Å²) in [6.45, 7) is 3.78. The zero-order chi connectivity index (χ0) is 15.9. The molecule has 22 heavy (non-hydrogen) atoms. The summed E-state index contributed by atoms with van der Waals surface area (Å²) in [5, 5.41) is 3.47. The molecule has 2 atom stereocenters. The number of aryl methyl sites for hydroxylation is 1. The topological polar surface area (TPSA) is 72.2 Å². The molecule has 3 rings (SSSR count). The number of thiophene rings is 1. The van der Waals surface area contributed by atoms with Crippen molar-refractivity contribution >= 4 is 28.2 Å². The van der Waals surface area contributed by atoms with E-state index in [2.05, 4.69) is 5.32 Å². The van der Waals surface area contributed by atoms with Crippen LogP contribution in [0.15, 0.2) is 30.3 Å². The van der Waals surface area contributed by atoms with Gasteiger partial charge in [-0.25, -0.2) is 0 Å². The average molecular weight is 314 g/mol. The van der Waals surface area contributed by atoms with Crippen molar-refractivity contribution in [2.24, 2.45) is 11.7 Å². The van der Waals surface area contributed by atoms with E-state index in [-0.39, 0.29) is 17.7 Å². The highest BCUT2D eigenvalue weighted by Crippen LogP contribution is 2.48. The van der Waals surface area contributed by atoms with E-state index in [4.69, 9.17) is 5.73 Å². The van der Waals surface area contributed by atoms with Gasteiger partial charge in [0.25, 0.3) is 5.91 Å². The van der Waals surface area contributed by atoms with Crippen LogP contribution in [-0.2, 0) is 4.79 Å². The van der Waals surface area contributed by atoms with Crippen molar-refractivity contribution in [1.29, 1.82) is 0 Å². The first-order valence-electron chi connectivity index (χ1n) is 7.24. The maximum atomic E-state index is 12.4. The molecule has 0 spiro atoms. The van der Waals surface area contributed by atoms with Crippen LogP contribution in [0.5, 0.6) is 0 Å². The van der Waals surface area contributed by atoms with Gasteiger partial charge in [0.2, 0.25) is 5.91 Å². The van der Waals surface area contributed by atoms with Crippen LogP contribution in [0.1, 0.15) is 38.7 Å². The first-order chi connectivity index (χ1) is 10.5. The molecule has 0 bridgehead atoms. The lowest BCUT2D eigenvalue weighted by Gasteiger charge is -2.05. The largest absolute Gasteiger partial charge is 0.365 e. The van der Waals surface area contributed by atoms with Crippen LogP contribution in [0.4, 0.5) is 5.00 Å². The van der Waals surface area contributed by atoms with Crippen molar-refractivity contribution in [3.05, 3.63) is 51.9 Å². The molecule has 1 aliphatic rings. The van der Waals surface area contributed by atoms with Crippen molar-refractivity contribution in [3.8, 4) is 0 Å². The molecule has 5 heteroatoms. The van der Waals surface area contributed by atoms with Crippen LogP contribution >= 0.6 is 11.3 Å². The summed E-state index contributed by atoms with van der Waals surface area (Å²) in [5.41, 5.74) is 7.91. The summed E-state index contributed by atoms with van der Waals surface area (Å²) in [4.78, 5) is 25.0. The number of nitrogens with one attached hydrogen (secondary N) is 1. The van der Waals surface area contributed by atoms with Gasteiger partial charge in [-0.2, -0.15) is 0 Å². The van der Waals surface area contributed by atoms with Crippen LogP contribution in [0.3, 0.4) is 0 Å². The molecule has 1 aliphatic carbocycles. The molecule has 2 unspecified atom stereocenters. The van der Waals surface area contributed by atoms with Gasteiger partial charge < -0.3 is 11.1 Å². The normalized spacial score (nSPS) is 19.7. The van der Waals surface area contributed by atoms with Gasteiger partial charge in [0.15, 0.2) is 0 Å². The zero-order valence-electron chi connectivity index (χ0n) is 12.6. The minimum atomic E-state index is -0.493. The molecule has 1 heterocycles. The van der Waals surface area contributed by atoms with Crippen LogP contribution in [-0.4, -0.2) is 11.8 Å². The van der Waals surface area contributed by atoms with E-state index in [1.165, 1.54) is 16.9 Å². The van der Waals surface area contributed by atoms with Gasteiger partial charge in [0, 0.05) is 10.8 Å². The molecular weight excluding hydrogens is 296 g/mol. The highest BCUT2D eigenvalue weighted by atomic mass is 32.1. The molecule has 2 aromatic rings. The summed E-state index contributed by atoms with van der Waals surface area (Å²) in [6.07, 6.45) is 0.852. The summed E-state index contributed by atoms with van der Waals surface area (Å²) >= 11 is 1.41. The lowest BCUT2D eigenvalue weighted by atomic mass is 10.1. The average Bonchev–Trinajstić information content (AvgIpc) is 3.23. The molecule has 1 aromatic heterocycles. The number of amides is 2. The monoisotopic (exact) mass is 314 g/mol. The van der Waals surface area contributed by atoms with Crippen LogP contribution in [0, 0.1) is 19.8 Å². The van der Waals surface area contributed by atoms with Crippen molar-refractivity contribution < 1.29 is 9.59 Å².